The standard InChI is InChI=1S/C19H21N7O2S/c1-13-3-7-15(8-4-13)22-17(27)12-29-19-25-24-18(26(19)20)23-21-11-14-5-9-16(28-2)10-6-14/h3-11H,12,20H2,1-2H3,(H,22,27)(H,23,24)/b21-11+. The summed E-state index contributed by atoms with van der Waals surface area (Å²) in [5.74, 6) is 6.98. The predicted molar refractivity (Wildman–Crippen MR) is 115 cm³/mol. The number of aromatic nitrogens is 3. The number of nitrogens with two attached hydrogens (primary N) is 1. The number of hydrogen-bond acceptors (Lipinski definition) is 8. The SMILES string of the molecule is COc1ccc(/C=N/Nc2nnc(SCC(=O)Nc3ccc(C)cc3)n2N)cc1. The molecule has 0 bridgehead atoms. The van der Waals surface area contributed by atoms with Crippen LogP contribution in [-0.4, -0.2) is 39.9 Å². The molecule has 3 rings (SSSR count). The number of rotatable bonds is 8. The molecule has 0 spiro atoms. The lowest BCUT2D eigenvalue weighted by Crippen LogP contribution is -2.16. The predicted octanol–water partition coefficient (Wildman–Crippen LogP) is 2.49. The van der Waals surface area contributed by atoms with Gasteiger partial charge in [0.25, 0.3) is 5.95 Å². The molecule has 0 saturated carbocycles. The first-order valence-corrected chi connectivity index (χ1v) is 9.66. The van der Waals surface area contributed by atoms with Gasteiger partial charge in [0.1, 0.15) is 5.75 Å². The van der Waals surface area contributed by atoms with Gasteiger partial charge in [0.05, 0.1) is 19.1 Å². The molecule has 4 N–H and O–H groups in total. The third-order valence-corrected chi connectivity index (χ3v) is 4.77. The zero-order chi connectivity index (χ0) is 20.6. The first-order valence-electron chi connectivity index (χ1n) is 8.68. The van der Waals surface area contributed by atoms with Crippen LogP contribution in [0.25, 0.3) is 0 Å². The van der Waals surface area contributed by atoms with Crippen LogP contribution in [0.1, 0.15) is 11.1 Å². The van der Waals surface area contributed by atoms with Crippen LogP contribution >= 0.6 is 11.8 Å². The van der Waals surface area contributed by atoms with Crippen molar-refractivity contribution in [3.05, 3.63) is 59.7 Å². The second-order valence-corrected chi connectivity index (χ2v) is 6.96. The van der Waals surface area contributed by atoms with Gasteiger partial charge in [-0.3, -0.25) is 4.79 Å². The lowest BCUT2D eigenvalue weighted by molar-refractivity contribution is -0.113. The first kappa shape index (κ1) is 20.2. The zero-order valence-corrected chi connectivity index (χ0v) is 16.8. The van der Waals surface area contributed by atoms with Gasteiger partial charge in [0.2, 0.25) is 11.1 Å². The first-order chi connectivity index (χ1) is 14.0. The summed E-state index contributed by atoms with van der Waals surface area (Å²) in [4.78, 5) is 12.1. The number of nitrogens with one attached hydrogen (secondary N) is 2. The number of aryl methyl sites for hydroxylation is 1. The molecule has 0 atom stereocenters. The van der Waals surface area contributed by atoms with Gasteiger partial charge in [-0.1, -0.05) is 29.5 Å². The fourth-order valence-electron chi connectivity index (χ4n) is 2.27. The van der Waals surface area contributed by atoms with E-state index in [2.05, 4.69) is 26.0 Å². The van der Waals surface area contributed by atoms with E-state index >= 15 is 0 Å². The number of hydrazone groups is 1. The van der Waals surface area contributed by atoms with Crippen molar-refractivity contribution in [1.29, 1.82) is 0 Å². The molecular weight excluding hydrogens is 390 g/mol. The lowest BCUT2D eigenvalue weighted by Gasteiger charge is -2.05. The monoisotopic (exact) mass is 411 g/mol. The molecule has 1 aromatic heterocycles. The number of nitrogen functional groups attached to an aromatic ring is 1. The van der Waals surface area contributed by atoms with Crippen molar-refractivity contribution in [2.24, 2.45) is 5.10 Å². The van der Waals surface area contributed by atoms with Gasteiger partial charge < -0.3 is 15.9 Å². The topological polar surface area (TPSA) is 119 Å². The molecule has 0 aliphatic rings. The van der Waals surface area contributed by atoms with Crippen LogP contribution in [0.5, 0.6) is 5.75 Å². The van der Waals surface area contributed by atoms with E-state index in [-0.39, 0.29) is 17.6 Å². The van der Waals surface area contributed by atoms with Gasteiger partial charge in [-0.2, -0.15) is 5.10 Å². The molecule has 2 aromatic carbocycles. The maximum atomic E-state index is 12.1. The van der Waals surface area contributed by atoms with Gasteiger partial charge in [-0.25, -0.2) is 10.1 Å². The Labute approximate surface area is 172 Å². The summed E-state index contributed by atoms with van der Waals surface area (Å²) >= 11 is 1.18. The van der Waals surface area contributed by atoms with Crippen molar-refractivity contribution >= 4 is 35.5 Å². The molecule has 1 heterocycles. The Bertz CT molecular complexity index is 985. The van der Waals surface area contributed by atoms with Gasteiger partial charge in [0.15, 0.2) is 0 Å². The quantitative estimate of drug-likeness (QED) is 0.225. The summed E-state index contributed by atoms with van der Waals surface area (Å²) in [7, 11) is 1.61. The van der Waals surface area contributed by atoms with Crippen LogP contribution in [0, 0.1) is 6.92 Å². The number of thioether (sulfide) groups is 1. The van der Waals surface area contributed by atoms with Crippen molar-refractivity contribution in [1.82, 2.24) is 14.9 Å². The second-order valence-electron chi connectivity index (χ2n) is 6.02. The highest BCUT2D eigenvalue weighted by molar-refractivity contribution is 7.99. The molecule has 10 heteroatoms. The Balaban J connectivity index is 1.51. The molecule has 0 aliphatic carbocycles. The fraction of sp³-hybridized carbons (Fsp3) is 0.158. The Kier molecular flexibility index (Phi) is 6.69. The van der Waals surface area contributed by atoms with E-state index in [4.69, 9.17) is 10.6 Å². The van der Waals surface area contributed by atoms with Gasteiger partial charge >= 0.3 is 0 Å². The third kappa shape index (κ3) is 5.72. The van der Waals surface area contributed by atoms with Crippen LogP contribution < -0.4 is 21.3 Å². The molecular formula is C19H21N7O2S. The third-order valence-electron chi connectivity index (χ3n) is 3.83. The Morgan fingerprint density at radius 3 is 2.62 bits per heavy atom. The minimum atomic E-state index is -0.158. The van der Waals surface area contributed by atoms with Crippen LogP contribution in [0.3, 0.4) is 0 Å². The van der Waals surface area contributed by atoms with Crippen molar-refractivity contribution in [2.75, 3.05) is 29.4 Å². The van der Waals surface area contributed by atoms with E-state index in [0.29, 0.717) is 5.16 Å². The molecule has 29 heavy (non-hydrogen) atoms. The van der Waals surface area contributed by atoms with E-state index in [1.165, 1.54) is 16.4 Å². The van der Waals surface area contributed by atoms with Crippen LogP contribution in [0.15, 0.2) is 58.8 Å². The molecule has 0 aliphatic heterocycles. The molecule has 0 unspecified atom stereocenters. The number of ether oxygens (including phenoxy) is 1. The van der Waals surface area contributed by atoms with E-state index < -0.39 is 0 Å². The average molecular weight is 411 g/mol. The Hall–Kier alpha value is -3.53. The number of carbonyl (C=O) groups is 1. The summed E-state index contributed by atoms with van der Waals surface area (Å²) in [5, 5.41) is 15.2. The van der Waals surface area contributed by atoms with E-state index in [1.807, 2.05) is 55.5 Å². The highest BCUT2D eigenvalue weighted by Gasteiger charge is 2.12. The summed E-state index contributed by atoms with van der Waals surface area (Å²) < 4.78 is 6.36. The number of methoxy groups -OCH3 is 1. The van der Waals surface area contributed by atoms with Crippen LogP contribution in [0.4, 0.5) is 11.6 Å². The normalized spacial score (nSPS) is 10.8. The second kappa shape index (κ2) is 9.60. The number of carbonyl (C=O) groups excluding carboxylic acids is 1. The summed E-state index contributed by atoms with van der Waals surface area (Å²) in [6.07, 6.45) is 1.62. The Morgan fingerprint density at radius 1 is 1.21 bits per heavy atom. The molecule has 0 fully saturated rings. The van der Waals surface area contributed by atoms with Gasteiger partial charge in [-0.15, -0.1) is 10.2 Å². The maximum Gasteiger partial charge on any atom is 0.264 e. The van der Waals surface area contributed by atoms with E-state index in [9.17, 15) is 4.79 Å². The number of benzene rings is 2. The number of hydrogen-bond donors (Lipinski definition) is 3. The minimum Gasteiger partial charge on any atom is -0.497 e. The van der Waals surface area contributed by atoms with Crippen molar-refractivity contribution in [3.63, 3.8) is 0 Å². The molecule has 9 nitrogen and oxygen atoms in total. The molecule has 3 aromatic rings. The summed E-state index contributed by atoms with van der Waals surface area (Å²) in [6, 6.07) is 15.0. The number of amides is 1. The van der Waals surface area contributed by atoms with Crippen molar-refractivity contribution in [3.8, 4) is 5.75 Å². The maximum absolute atomic E-state index is 12.1. The van der Waals surface area contributed by atoms with Gasteiger partial charge in [-0.05, 0) is 48.9 Å². The zero-order valence-electron chi connectivity index (χ0n) is 16.0. The summed E-state index contributed by atoms with van der Waals surface area (Å²) in [5.41, 5.74) is 5.48. The molecule has 150 valence electrons. The fourth-order valence-corrected chi connectivity index (χ4v) is 2.93. The number of anilines is 2. The molecule has 0 saturated heterocycles. The van der Waals surface area contributed by atoms with E-state index in [0.717, 1.165) is 22.6 Å². The molecule has 0 radical (unpaired) electrons. The van der Waals surface area contributed by atoms with Crippen molar-refractivity contribution in [2.45, 2.75) is 12.1 Å². The van der Waals surface area contributed by atoms with Crippen molar-refractivity contribution < 1.29 is 9.53 Å². The smallest absolute Gasteiger partial charge is 0.264 e. The van der Waals surface area contributed by atoms with E-state index in [1.54, 1.807) is 13.3 Å². The highest BCUT2D eigenvalue weighted by Crippen LogP contribution is 2.17. The average Bonchev–Trinajstić information content (AvgIpc) is 3.08. The van der Waals surface area contributed by atoms with Crippen LogP contribution in [0.2, 0.25) is 0 Å². The molecule has 1 amide bonds. The van der Waals surface area contributed by atoms with Gasteiger partial charge in [0, 0.05) is 5.69 Å². The summed E-state index contributed by atoms with van der Waals surface area (Å²) in [6.45, 7) is 1.99. The minimum absolute atomic E-state index is 0.151. The Morgan fingerprint density at radius 2 is 1.93 bits per heavy atom. The lowest BCUT2D eigenvalue weighted by atomic mass is 10.2. The highest BCUT2D eigenvalue weighted by atomic mass is 32.2. The van der Waals surface area contributed by atoms with Crippen LogP contribution in [-0.2, 0) is 4.79 Å². The number of nitrogens with zero attached hydrogens (tertiary/aromatic N) is 4. The largest absolute Gasteiger partial charge is 0.497 e.